The lowest BCUT2D eigenvalue weighted by molar-refractivity contribution is -0.767. The molecule has 0 radical (unpaired) electrons. The monoisotopic (exact) mass is 62.0 g/mol. The summed E-state index contributed by atoms with van der Waals surface area (Å²) in [7, 11) is 0.972. The first-order chi connectivity index (χ1) is 1.73. The Morgan fingerprint density at radius 2 is 1.50 bits per heavy atom. The van der Waals surface area contributed by atoms with Crippen molar-refractivity contribution in [2.24, 2.45) is 0 Å². The van der Waals surface area contributed by atoms with Crippen molar-refractivity contribution in [3.63, 3.8) is 0 Å². The quantitative estimate of drug-likeness (QED) is 0.347. The van der Waals surface area contributed by atoms with Gasteiger partial charge in [0.1, 0.15) is 0 Å². The van der Waals surface area contributed by atoms with Gasteiger partial charge in [-0.2, -0.15) is 0 Å². The number of hydrogen-bond acceptors (Lipinski definition) is 2. The van der Waals surface area contributed by atoms with Gasteiger partial charge in [0.15, 0.2) is 0 Å². The van der Waals surface area contributed by atoms with Crippen molar-refractivity contribution in [1.29, 1.82) is 0 Å². The Kier molecular flexibility index (Phi) is 1.19. The zero-order valence-corrected chi connectivity index (χ0v) is 2.32. The lowest BCUT2D eigenvalue weighted by atomic mass is 11.5. The number of hydroxylamine groups is 2. The van der Waals surface area contributed by atoms with Crippen molar-refractivity contribution in [3.8, 4) is 0 Å². The van der Waals surface area contributed by atoms with Gasteiger partial charge < -0.3 is 15.6 Å². The van der Waals surface area contributed by atoms with Crippen LogP contribution in [-0.4, -0.2) is 7.05 Å². The molecule has 0 aromatic heterocycles. The van der Waals surface area contributed by atoms with Gasteiger partial charge in [0.25, 0.3) is 0 Å². The van der Waals surface area contributed by atoms with E-state index in [4.69, 9.17) is 10.4 Å². The van der Waals surface area contributed by atoms with Crippen LogP contribution in [0.3, 0.4) is 0 Å². The maximum atomic E-state index is 8.89. The molecule has 0 aliphatic heterocycles. The number of rotatable bonds is 0. The summed E-state index contributed by atoms with van der Waals surface area (Å²) < 4.78 is 0. The standard InChI is InChI=1S/CH4NO2/c1-2(3)4/h2H,1H3/q-1. The van der Waals surface area contributed by atoms with E-state index in [0.29, 0.717) is 0 Å². The zero-order chi connectivity index (χ0) is 3.58. The van der Waals surface area contributed by atoms with E-state index < -0.39 is 5.23 Å². The third kappa shape index (κ3) is 101. The largest absolute Gasteiger partial charge is 0.633 e. The summed E-state index contributed by atoms with van der Waals surface area (Å²) in [6.07, 6.45) is 0. The van der Waals surface area contributed by atoms with Crippen LogP contribution in [0.2, 0.25) is 0 Å². The molecule has 0 aromatic carbocycles. The molecule has 0 saturated carbocycles. The van der Waals surface area contributed by atoms with E-state index in [9.17, 15) is 0 Å². The van der Waals surface area contributed by atoms with Crippen molar-refractivity contribution in [2.45, 2.75) is 0 Å². The van der Waals surface area contributed by atoms with Crippen LogP contribution in [-0.2, 0) is 0 Å². The summed E-state index contributed by atoms with van der Waals surface area (Å²) in [6.45, 7) is 0. The molecule has 0 heterocycles. The van der Waals surface area contributed by atoms with Crippen LogP contribution in [0.5, 0.6) is 0 Å². The highest BCUT2D eigenvalue weighted by Gasteiger charge is 1.36. The molecule has 0 fully saturated rings. The minimum Gasteiger partial charge on any atom is -0.633 e. The molecule has 26 valence electrons. The average Bonchev–Trinajstić information content (AvgIpc) is 0.811. The van der Waals surface area contributed by atoms with Crippen LogP contribution < -0.4 is 5.23 Å². The zero-order valence-electron chi connectivity index (χ0n) is 2.32. The summed E-state index contributed by atoms with van der Waals surface area (Å²) in [5.74, 6) is 0. The fraction of sp³-hybridized carbons (Fsp3) is 1.00. The lowest BCUT2D eigenvalue weighted by Gasteiger charge is -2.17. The predicted octanol–water partition coefficient (Wildman–Crippen LogP) is -1.50. The van der Waals surface area contributed by atoms with Crippen LogP contribution >= 0.6 is 0 Å². The SMILES string of the molecule is C[NH+]([O-])[O-]. The second kappa shape index (κ2) is 1.23. The maximum absolute atomic E-state index is 8.89. The first kappa shape index (κ1) is 3.88. The van der Waals surface area contributed by atoms with Crippen molar-refractivity contribution in [2.75, 3.05) is 7.05 Å². The number of nitrogens with one attached hydrogen (secondary N) is 1. The fourth-order valence-corrected chi connectivity index (χ4v) is 0. The van der Waals surface area contributed by atoms with Gasteiger partial charge in [0, 0.05) is 0 Å². The molecule has 3 nitrogen and oxygen atoms in total. The molecule has 1 N–H and O–H groups in total. The molecular formula is CH4NO2-. The van der Waals surface area contributed by atoms with Crippen molar-refractivity contribution >= 4 is 0 Å². The molecule has 0 aliphatic rings. The van der Waals surface area contributed by atoms with E-state index in [1.807, 2.05) is 0 Å². The van der Waals surface area contributed by atoms with Crippen LogP contribution in [0, 0.1) is 10.4 Å². The van der Waals surface area contributed by atoms with Crippen LogP contribution in [0.1, 0.15) is 0 Å². The van der Waals surface area contributed by atoms with Crippen molar-refractivity contribution in [1.82, 2.24) is 0 Å². The number of hydrogen-bond donors (Lipinski definition) is 1. The van der Waals surface area contributed by atoms with Gasteiger partial charge in [-0.25, -0.2) is 0 Å². The van der Waals surface area contributed by atoms with Crippen molar-refractivity contribution in [3.05, 3.63) is 10.4 Å². The minimum atomic E-state index is -1.08. The molecule has 0 aromatic rings. The molecule has 0 spiro atoms. The van der Waals surface area contributed by atoms with Gasteiger partial charge in [-0.05, 0) is 0 Å². The molecule has 3 heteroatoms. The first-order valence-corrected chi connectivity index (χ1v) is 0.908. The highest BCUT2D eigenvalue weighted by atomic mass is 16.8. The summed E-state index contributed by atoms with van der Waals surface area (Å²) in [5.41, 5.74) is 0. The van der Waals surface area contributed by atoms with Gasteiger partial charge in [0.2, 0.25) is 0 Å². The Hall–Kier alpha value is -0.120. The molecule has 0 bridgehead atoms. The van der Waals surface area contributed by atoms with E-state index >= 15 is 0 Å². The average molecular weight is 62.0 g/mol. The molecule has 0 rings (SSSR count). The maximum Gasteiger partial charge on any atom is 0.0660 e. The van der Waals surface area contributed by atoms with Crippen LogP contribution in [0.4, 0.5) is 0 Å². The lowest BCUT2D eigenvalue weighted by Crippen LogP contribution is -2.97. The minimum absolute atomic E-state index is 0.972. The van der Waals surface area contributed by atoms with E-state index in [2.05, 4.69) is 0 Å². The third-order valence-corrected chi connectivity index (χ3v) is 0. The second-order valence-corrected chi connectivity index (χ2v) is 0.492. The summed E-state index contributed by atoms with van der Waals surface area (Å²) in [4.78, 5) is 0. The summed E-state index contributed by atoms with van der Waals surface area (Å²) >= 11 is 0. The molecular weight excluding hydrogens is 58.0 g/mol. The van der Waals surface area contributed by atoms with Gasteiger partial charge in [0.05, 0.1) is 7.05 Å². The Labute approximate surface area is 24.0 Å². The molecule has 4 heavy (non-hydrogen) atoms. The summed E-state index contributed by atoms with van der Waals surface area (Å²) in [6, 6.07) is 0. The van der Waals surface area contributed by atoms with E-state index in [-0.39, 0.29) is 0 Å². The van der Waals surface area contributed by atoms with E-state index in [1.165, 1.54) is 0 Å². The van der Waals surface area contributed by atoms with Crippen LogP contribution in [0.25, 0.3) is 0 Å². The molecule has 0 unspecified atom stereocenters. The van der Waals surface area contributed by atoms with Crippen LogP contribution in [0.15, 0.2) is 0 Å². The Morgan fingerprint density at radius 1 is 1.50 bits per heavy atom. The van der Waals surface area contributed by atoms with Gasteiger partial charge in [-0.1, -0.05) is 0 Å². The molecule has 0 saturated heterocycles. The Bertz CT molecular complexity index is 10.8. The Morgan fingerprint density at radius 3 is 1.50 bits per heavy atom. The van der Waals surface area contributed by atoms with E-state index in [0.717, 1.165) is 7.05 Å². The Balaban J connectivity index is 2.32. The highest BCUT2D eigenvalue weighted by molar-refractivity contribution is 4.00. The molecule has 0 atom stereocenters. The second-order valence-electron chi connectivity index (χ2n) is 0.492. The normalized spacial score (nSPS) is 9.00. The van der Waals surface area contributed by atoms with Gasteiger partial charge in [-0.3, -0.25) is 0 Å². The highest BCUT2D eigenvalue weighted by Crippen LogP contribution is 0.989. The van der Waals surface area contributed by atoms with Gasteiger partial charge in [-0.15, -0.1) is 0 Å². The third-order valence-electron chi connectivity index (χ3n) is 0. The van der Waals surface area contributed by atoms with Gasteiger partial charge >= 0.3 is 0 Å². The van der Waals surface area contributed by atoms with E-state index in [1.54, 1.807) is 0 Å². The summed E-state index contributed by atoms with van der Waals surface area (Å²) in [5, 5.41) is 16.7. The number of quaternary nitrogens is 1. The topological polar surface area (TPSA) is 50.6 Å². The first-order valence-electron chi connectivity index (χ1n) is 0.908. The smallest absolute Gasteiger partial charge is 0.0660 e. The van der Waals surface area contributed by atoms with Crippen molar-refractivity contribution < 1.29 is 5.23 Å². The predicted molar refractivity (Wildman–Crippen MR) is 13.6 cm³/mol. The molecule has 0 amide bonds. The fourth-order valence-electron chi connectivity index (χ4n) is 0. The molecule has 0 aliphatic carbocycles.